The second kappa shape index (κ2) is 4.16. The number of aliphatic hydroxyl groups excluding tert-OH is 1. The van der Waals surface area contributed by atoms with Gasteiger partial charge in [0.1, 0.15) is 6.61 Å². The molecule has 0 saturated carbocycles. The van der Waals surface area contributed by atoms with Gasteiger partial charge in [0.05, 0.1) is 28.7 Å². The highest BCUT2D eigenvalue weighted by Gasteiger charge is 2.34. The van der Waals surface area contributed by atoms with Crippen molar-refractivity contribution in [3.63, 3.8) is 0 Å². The first kappa shape index (κ1) is 12.1. The normalized spacial score (nSPS) is 21.2. The number of hydrogen-bond donors (Lipinski definition) is 2. The van der Waals surface area contributed by atoms with Crippen molar-refractivity contribution in [3.05, 3.63) is 27.8 Å². The zero-order chi connectivity index (χ0) is 13.3. The Morgan fingerprint density at radius 3 is 3.00 bits per heavy atom. The zero-order valence-electron chi connectivity index (χ0n) is 9.64. The third-order valence-electron chi connectivity index (χ3n) is 2.73. The van der Waals surface area contributed by atoms with Crippen molar-refractivity contribution in [1.82, 2.24) is 0 Å². The van der Waals surface area contributed by atoms with E-state index in [-0.39, 0.29) is 35.9 Å². The highest BCUT2D eigenvalue weighted by atomic mass is 16.6. The van der Waals surface area contributed by atoms with Gasteiger partial charge in [0, 0.05) is 12.1 Å². The summed E-state index contributed by atoms with van der Waals surface area (Å²) in [6, 6.07) is 4.46. The maximum atomic E-state index is 11.0. The molecule has 1 aromatic carbocycles. The zero-order valence-corrected chi connectivity index (χ0v) is 9.64. The van der Waals surface area contributed by atoms with Crippen LogP contribution in [0.3, 0.4) is 0 Å². The molecule has 1 heterocycles. The van der Waals surface area contributed by atoms with Crippen LogP contribution in [0.5, 0.6) is 5.75 Å². The van der Waals surface area contributed by atoms with Gasteiger partial charge >= 0.3 is 0 Å². The summed E-state index contributed by atoms with van der Waals surface area (Å²) in [4.78, 5) is 10.4. The Balaban J connectivity index is 2.56. The molecule has 0 saturated heterocycles. The van der Waals surface area contributed by atoms with Crippen LogP contribution in [0.25, 0.3) is 0 Å². The molecule has 94 valence electrons. The number of aliphatic hydroxyl groups is 1. The van der Waals surface area contributed by atoms with Crippen LogP contribution in [0.2, 0.25) is 0 Å². The molecule has 1 unspecified atom stereocenters. The summed E-state index contributed by atoms with van der Waals surface area (Å²) in [6.07, 6.45) is 0. The van der Waals surface area contributed by atoms with Gasteiger partial charge in [-0.25, -0.2) is 0 Å². The first-order valence-electron chi connectivity index (χ1n) is 5.23. The average Bonchev–Trinajstić information content (AvgIpc) is 2.37. The lowest BCUT2D eigenvalue weighted by atomic mass is 10.0. The lowest BCUT2D eigenvalue weighted by Crippen LogP contribution is -2.47. The van der Waals surface area contributed by atoms with E-state index in [0.29, 0.717) is 0 Å². The van der Waals surface area contributed by atoms with Crippen LogP contribution >= 0.6 is 0 Å². The molecule has 2 N–H and O–H groups in total. The average molecular weight is 249 g/mol. The minimum absolute atomic E-state index is 0.162. The first-order chi connectivity index (χ1) is 8.49. The molecule has 0 bridgehead atoms. The van der Waals surface area contributed by atoms with Crippen LogP contribution in [-0.4, -0.2) is 28.8 Å². The van der Waals surface area contributed by atoms with E-state index in [1.165, 1.54) is 12.1 Å². The molecule has 1 aliphatic heterocycles. The molecule has 2 rings (SSSR count). The van der Waals surface area contributed by atoms with Gasteiger partial charge in [-0.1, -0.05) is 0 Å². The van der Waals surface area contributed by atoms with Gasteiger partial charge in [0.25, 0.3) is 5.69 Å². The van der Waals surface area contributed by atoms with Crippen molar-refractivity contribution in [3.8, 4) is 11.8 Å². The molecular formula is C11H11N3O4. The highest BCUT2D eigenvalue weighted by molar-refractivity contribution is 5.74. The Bertz CT molecular complexity index is 552. The summed E-state index contributed by atoms with van der Waals surface area (Å²) in [5.41, 5.74) is -0.647. The lowest BCUT2D eigenvalue weighted by molar-refractivity contribution is -0.384. The fourth-order valence-electron chi connectivity index (χ4n) is 1.71. The monoisotopic (exact) mass is 249 g/mol. The van der Waals surface area contributed by atoms with Gasteiger partial charge in [-0.3, -0.25) is 10.1 Å². The van der Waals surface area contributed by atoms with Crippen LogP contribution in [0.1, 0.15) is 12.5 Å². The number of rotatable bonds is 2. The number of nitro benzene ring substituents is 1. The topological polar surface area (TPSA) is 108 Å². The van der Waals surface area contributed by atoms with E-state index in [2.05, 4.69) is 5.32 Å². The Morgan fingerprint density at radius 2 is 2.44 bits per heavy atom. The maximum absolute atomic E-state index is 11.0. The molecule has 7 nitrogen and oxygen atoms in total. The molecule has 0 amide bonds. The predicted molar refractivity (Wildman–Crippen MR) is 62.4 cm³/mol. The van der Waals surface area contributed by atoms with Crippen LogP contribution in [0.4, 0.5) is 11.4 Å². The number of ether oxygens (including phenoxy) is 1. The van der Waals surface area contributed by atoms with Crippen molar-refractivity contribution in [2.75, 3.05) is 18.5 Å². The number of benzene rings is 1. The molecule has 1 aromatic rings. The van der Waals surface area contributed by atoms with Gasteiger partial charge in [-0.2, -0.15) is 5.26 Å². The number of nitrogens with zero attached hydrogens (tertiary/aromatic N) is 2. The lowest BCUT2D eigenvalue weighted by Gasteiger charge is -2.34. The Labute approximate surface area is 103 Å². The van der Waals surface area contributed by atoms with Gasteiger partial charge in [-0.15, -0.1) is 0 Å². The Kier molecular flexibility index (Phi) is 2.80. The van der Waals surface area contributed by atoms with E-state index in [4.69, 9.17) is 10.00 Å². The molecule has 1 atom stereocenters. The summed E-state index contributed by atoms with van der Waals surface area (Å²) in [6.45, 7) is 1.64. The molecular weight excluding hydrogens is 238 g/mol. The molecule has 7 heteroatoms. The number of nitro groups is 1. The summed E-state index contributed by atoms with van der Waals surface area (Å²) >= 11 is 0. The third-order valence-corrected chi connectivity index (χ3v) is 2.73. The van der Waals surface area contributed by atoms with Crippen molar-refractivity contribution in [1.29, 1.82) is 5.26 Å². The number of hydrogen-bond acceptors (Lipinski definition) is 6. The number of fused-ring (bicyclic) bond motifs is 1. The second-order valence-electron chi connectivity index (χ2n) is 4.37. The van der Waals surface area contributed by atoms with Gasteiger partial charge in [0.2, 0.25) is 0 Å². The van der Waals surface area contributed by atoms with Crippen molar-refractivity contribution >= 4 is 11.4 Å². The predicted octanol–water partition coefficient (Wildman–Crippen LogP) is 1.02. The Hall–Kier alpha value is -2.33. The molecule has 0 spiro atoms. The van der Waals surface area contributed by atoms with E-state index >= 15 is 0 Å². The molecule has 1 aliphatic rings. The maximum Gasteiger partial charge on any atom is 0.297 e. The Morgan fingerprint density at radius 1 is 1.72 bits per heavy atom. The quantitative estimate of drug-likeness (QED) is 0.598. The summed E-state index contributed by atoms with van der Waals surface area (Å²) in [5.74, 6) is 0.256. The molecule has 0 aliphatic carbocycles. The fraction of sp³-hybridized carbons (Fsp3) is 0.364. The molecule has 18 heavy (non-hydrogen) atoms. The highest BCUT2D eigenvalue weighted by Crippen LogP contribution is 2.40. The number of anilines is 1. The van der Waals surface area contributed by atoms with E-state index in [1.54, 1.807) is 6.92 Å². The minimum Gasteiger partial charge on any atom is -0.489 e. The first-order valence-corrected chi connectivity index (χ1v) is 5.23. The standard InChI is InChI=1S/C11H11N3O4/c1-11(5-15)6-18-9-3-7(4-12)2-8(14(16)17)10(9)13-11/h2-3,13,15H,5-6H2,1H3. The van der Waals surface area contributed by atoms with Crippen LogP contribution in [-0.2, 0) is 0 Å². The summed E-state index contributed by atoms with van der Waals surface area (Å²) in [5, 5.41) is 31.9. The van der Waals surface area contributed by atoms with Crippen LogP contribution in [0.15, 0.2) is 12.1 Å². The SMILES string of the molecule is CC1(CO)COc2cc(C#N)cc([N+](=O)[O-])c2N1. The van der Waals surface area contributed by atoms with E-state index in [9.17, 15) is 15.2 Å². The molecule has 0 fully saturated rings. The van der Waals surface area contributed by atoms with E-state index in [0.717, 1.165) is 0 Å². The summed E-state index contributed by atoms with van der Waals surface area (Å²) < 4.78 is 5.39. The minimum atomic E-state index is -0.772. The van der Waals surface area contributed by atoms with Gasteiger partial charge in [0.15, 0.2) is 11.4 Å². The molecule has 0 aromatic heterocycles. The van der Waals surface area contributed by atoms with E-state index < -0.39 is 10.5 Å². The number of nitriles is 1. The fourth-order valence-corrected chi connectivity index (χ4v) is 1.71. The van der Waals surface area contributed by atoms with Gasteiger partial charge < -0.3 is 15.2 Å². The largest absolute Gasteiger partial charge is 0.489 e. The number of nitrogens with one attached hydrogen (secondary N) is 1. The van der Waals surface area contributed by atoms with Crippen molar-refractivity contribution < 1.29 is 14.8 Å². The van der Waals surface area contributed by atoms with E-state index in [1.807, 2.05) is 6.07 Å². The smallest absolute Gasteiger partial charge is 0.297 e. The third kappa shape index (κ3) is 1.94. The second-order valence-corrected chi connectivity index (χ2v) is 4.37. The van der Waals surface area contributed by atoms with Crippen LogP contribution in [0, 0.1) is 21.4 Å². The van der Waals surface area contributed by atoms with Crippen molar-refractivity contribution in [2.45, 2.75) is 12.5 Å². The summed E-state index contributed by atoms with van der Waals surface area (Å²) in [7, 11) is 0. The van der Waals surface area contributed by atoms with Crippen LogP contribution < -0.4 is 10.1 Å². The van der Waals surface area contributed by atoms with Gasteiger partial charge in [-0.05, 0) is 6.92 Å². The van der Waals surface area contributed by atoms with Crippen molar-refractivity contribution in [2.24, 2.45) is 0 Å². The molecule has 0 radical (unpaired) electrons.